The van der Waals surface area contributed by atoms with Gasteiger partial charge in [0.25, 0.3) is 11.6 Å². The number of aryl methyl sites for hydroxylation is 1. The van der Waals surface area contributed by atoms with Gasteiger partial charge >= 0.3 is 0 Å². The van der Waals surface area contributed by atoms with Crippen molar-refractivity contribution >= 4 is 17.0 Å². The van der Waals surface area contributed by atoms with E-state index < -0.39 is 0 Å². The number of likely N-dealkylation sites (N-methyl/N-ethyl adjacent to an activating group) is 1. The van der Waals surface area contributed by atoms with Gasteiger partial charge in [-0.2, -0.15) is 0 Å². The molecule has 1 amide bonds. The maximum atomic E-state index is 13.3. The summed E-state index contributed by atoms with van der Waals surface area (Å²) in [7, 11) is 5.62. The lowest BCUT2D eigenvalue weighted by Gasteiger charge is -2.25. The molecule has 0 bridgehead atoms. The summed E-state index contributed by atoms with van der Waals surface area (Å²) in [5.41, 5.74) is 4.15. The SMILES string of the molecule is COc1ccc(C(CNC(=O)c2cc(-c3ccccc3)nc3onc(C)c23)N(C)C)cc1. The van der Waals surface area contributed by atoms with E-state index in [1.165, 1.54) is 0 Å². The molecule has 7 nitrogen and oxygen atoms in total. The van der Waals surface area contributed by atoms with Gasteiger partial charge < -0.3 is 19.5 Å². The Morgan fingerprint density at radius 2 is 1.84 bits per heavy atom. The average Bonchev–Trinajstić information content (AvgIpc) is 3.20. The smallest absolute Gasteiger partial charge is 0.259 e. The molecule has 0 spiro atoms. The van der Waals surface area contributed by atoms with Gasteiger partial charge in [0.1, 0.15) is 5.75 Å². The van der Waals surface area contributed by atoms with Gasteiger partial charge in [-0.05, 0) is 44.8 Å². The van der Waals surface area contributed by atoms with Crippen molar-refractivity contribution in [2.24, 2.45) is 0 Å². The number of amides is 1. The molecule has 2 heterocycles. The van der Waals surface area contributed by atoms with Gasteiger partial charge in [-0.1, -0.05) is 47.6 Å². The highest BCUT2D eigenvalue weighted by Crippen LogP contribution is 2.27. The molecule has 0 aliphatic rings. The zero-order valence-electron chi connectivity index (χ0n) is 18.6. The number of methoxy groups -OCH3 is 1. The molecule has 4 rings (SSSR count). The number of pyridine rings is 1. The van der Waals surface area contributed by atoms with Crippen LogP contribution in [0.3, 0.4) is 0 Å². The summed E-state index contributed by atoms with van der Waals surface area (Å²) >= 11 is 0. The van der Waals surface area contributed by atoms with Crippen molar-refractivity contribution in [2.45, 2.75) is 13.0 Å². The summed E-state index contributed by atoms with van der Waals surface area (Å²) in [5, 5.41) is 7.74. The monoisotopic (exact) mass is 430 g/mol. The average molecular weight is 431 g/mol. The molecule has 0 fully saturated rings. The van der Waals surface area contributed by atoms with Crippen LogP contribution in [0.1, 0.15) is 27.7 Å². The molecule has 0 aliphatic carbocycles. The van der Waals surface area contributed by atoms with Gasteiger partial charge in [-0.15, -0.1) is 0 Å². The minimum atomic E-state index is -0.193. The van der Waals surface area contributed by atoms with E-state index >= 15 is 0 Å². The lowest BCUT2D eigenvalue weighted by Crippen LogP contribution is -2.34. The molecule has 2 aromatic heterocycles. The molecule has 2 aromatic carbocycles. The summed E-state index contributed by atoms with van der Waals surface area (Å²) in [6.45, 7) is 2.25. The van der Waals surface area contributed by atoms with Gasteiger partial charge in [0.15, 0.2) is 0 Å². The summed E-state index contributed by atoms with van der Waals surface area (Å²) in [5.74, 6) is 0.604. The van der Waals surface area contributed by atoms with Gasteiger partial charge in [0.2, 0.25) is 0 Å². The van der Waals surface area contributed by atoms with Crippen molar-refractivity contribution in [1.29, 1.82) is 0 Å². The molecule has 7 heteroatoms. The molecule has 0 saturated carbocycles. The van der Waals surface area contributed by atoms with Crippen molar-refractivity contribution in [3.05, 3.63) is 77.5 Å². The molecule has 0 radical (unpaired) electrons. The van der Waals surface area contributed by atoms with Crippen LogP contribution >= 0.6 is 0 Å². The quantitative estimate of drug-likeness (QED) is 0.472. The normalized spacial score (nSPS) is 12.2. The number of hydrogen-bond donors (Lipinski definition) is 1. The fraction of sp³-hybridized carbons (Fsp3) is 0.240. The number of rotatable bonds is 7. The topological polar surface area (TPSA) is 80.5 Å². The Hall–Kier alpha value is -3.71. The molecule has 1 atom stereocenters. The second-order valence-corrected chi connectivity index (χ2v) is 7.83. The minimum absolute atomic E-state index is 0.000602. The van der Waals surface area contributed by atoms with Gasteiger partial charge in [-0.25, -0.2) is 4.98 Å². The first-order chi connectivity index (χ1) is 15.5. The molecule has 4 aromatic rings. The van der Waals surface area contributed by atoms with E-state index in [9.17, 15) is 4.79 Å². The first kappa shape index (κ1) is 21.5. The third-order valence-corrected chi connectivity index (χ3v) is 5.51. The maximum absolute atomic E-state index is 13.3. The van der Waals surface area contributed by atoms with E-state index in [1.54, 1.807) is 13.2 Å². The van der Waals surface area contributed by atoms with E-state index in [1.807, 2.05) is 75.6 Å². The van der Waals surface area contributed by atoms with E-state index in [4.69, 9.17) is 9.26 Å². The summed E-state index contributed by atoms with van der Waals surface area (Å²) in [4.78, 5) is 19.9. The van der Waals surface area contributed by atoms with Crippen LogP contribution in [-0.2, 0) is 0 Å². The molecule has 164 valence electrons. The summed E-state index contributed by atoms with van der Waals surface area (Å²) in [6, 6.07) is 19.4. The van der Waals surface area contributed by atoms with E-state index in [0.29, 0.717) is 34.6 Å². The highest BCUT2D eigenvalue weighted by Gasteiger charge is 2.21. The maximum Gasteiger partial charge on any atom is 0.259 e. The largest absolute Gasteiger partial charge is 0.497 e. The second-order valence-electron chi connectivity index (χ2n) is 7.83. The number of benzene rings is 2. The third-order valence-electron chi connectivity index (χ3n) is 5.51. The van der Waals surface area contributed by atoms with Crippen molar-refractivity contribution < 1.29 is 14.1 Å². The van der Waals surface area contributed by atoms with Crippen LogP contribution in [0.25, 0.3) is 22.4 Å². The Morgan fingerprint density at radius 3 is 2.50 bits per heavy atom. The fourth-order valence-corrected chi connectivity index (χ4v) is 3.74. The second kappa shape index (κ2) is 9.20. The molecular weight excluding hydrogens is 404 g/mol. The van der Waals surface area contributed by atoms with Crippen LogP contribution in [-0.4, -0.2) is 48.7 Å². The summed E-state index contributed by atoms with van der Waals surface area (Å²) < 4.78 is 10.6. The van der Waals surface area contributed by atoms with Gasteiger partial charge in [0.05, 0.1) is 35.5 Å². The lowest BCUT2D eigenvalue weighted by atomic mass is 10.0. The number of fused-ring (bicyclic) bond motifs is 1. The fourth-order valence-electron chi connectivity index (χ4n) is 3.74. The Morgan fingerprint density at radius 1 is 1.12 bits per heavy atom. The van der Waals surface area contributed by atoms with Crippen LogP contribution in [0.15, 0.2) is 65.2 Å². The molecule has 32 heavy (non-hydrogen) atoms. The number of ether oxygens (including phenoxy) is 1. The van der Waals surface area contributed by atoms with Crippen molar-refractivity contribution in [3.8, 4) is 17.0 Å². The van der Waals surface area contributed by atoms with Crippen molar-refractivity contribution in [2.75, 3.05) is 27.7 Å². The summed E-state index contributed by atoms with van der Waals surface area (Å²) in [6.07, 6.45) is 0. The predicted molar refractivity (Wildman–Crippen MR) is 124 cm³/mol. The number of hydrogen-bond acceptors (Lipinski definition) is 6. The van der Waals surface area contributed by atoms with Gasteiger partial charge in [0, 0.05) is 12.1 Å². The number of nitrogens with one attached hydrogen (secondary N) is 1. The van der Waals surface area contributed by atoms with E-state index in [0.717, 1.165) is 16.9 Å². The van der Waals surface area contributed by atoms with Crippen molar-refractivity contribution in [1.82, 2.24) is 20.4 Å². The van der Waals surface area contributed by atoms with Crippen LogP contribution in [0.2, 0.25) is 0 Å². The zero-order chi connectivity index (χ0) is 22.7. The van der Waals surface area contributed by atoms with E-state index in [2.05, 4.69) is 20.4 Å². The number of carbonyl (C=O) groups is 1. The number of carbonyl (C=O) groups excluding carboxylic acids is 1. The molecule has 0 saturated heterocycles. The minimum Gasteiger partial charge on any atom is -0.497 e. The first-order valence-corrected chi connectivity index (χ1v) is 10.4. The molecule has 1 unspecified atom stereocenters. The highest BCUT2D eigenvalue weighted by molar-refractivity contribution is 6.07. The van der Waals surface area contributed by atoms with Crippen molar-refractivity contribution in [3.63, 3.8) is 0 Å². The Labute approximate surface area is 187 Å². The third kappa shape index (κ3) is 4.33. The zero-order valence-corrected chi connectivity index (χ0v) is 18.6. The number of aromatic nitrogens is 2. The van der Waals surface area contributed by atoms with Gasteiger partial charge in [-0.3, -0.25) is 4.79 Å². The Bertz CT molecular complexity index is 1220. The predicted octanol–water partition coefficient (Wildman–Crippen LogP) is 4.24. The number of nitrogens with zero attached hydrogens (tertiary/aromatic N) is 3. The molecular formula is C25H26N4O3. The van der Waals surface area contributed by atoms with E-state index in [-0.39, 0.29) is 11.9 Å². The van der Waals surface area contributed by atoms with Crippen LogP contribution in [0.5, 0.6) is 5.75 Å². The molecule has 1 N–H and O–H groups in total. The van der Waals surface area contributed by atoms with Crippen LogP contribution in [0, 0.1) is 6.92 Å². The Kier molecular flexibility index (Phi) is 6.18. The first-order valence-electron chi connectivity index (χ1n) is 10.4. The molecule has 0 aliphatic heterocycles. The Balaban J connectivity index is 1.63. The van der Waals surface area contributed by atoms with Crippen LogP contribution < -0.4 is 10.1 Å². The van der Waals surface area contributed by atoms with Crippen LogP contribution in [0.4, 0.5) is 0 Å². The standard InChI is InChI=1S/C25H26N4O3/c1-16-23-20(14-21(27-25(23)32-28-16)17-8-6-5-7-9-17)24(30)26-15-22(29(2)3)18-10-12-19(31-4)13-11-18/h5-14,22H,15H2,1-4H3,(H,26,30). The highest BCUT2D eigenvalue weighted by atomic mass is 16.5. The lowest BCUT2D eigenvalue weighted by molar-refractivity contribution is 0.0943.